The van der Waals surface area contributed by atoms with Crippen LogP contribution in [-0.4, -0.2) is 27.8 Å². The number of imidazole rings is 1. The van der Waals surface area contributed by atoms with Gasteiger partial charge in [0.2, 0.25) is 17.8 Å². The summed E-state index contributed by atoms with van der Waals surface area (Å²) in [5, 5.41) is 5.41. The number of carbonyl (C=O) groups excluding carboxylic acids is 2. The number of aromatic nitrogens is 2. The van der Waals surface area contributed by atoms with Gasteiger partial charge in [0, 0.05) is 0 Å². The minimum absolute atomic E-state index is 0.193. The Kier molecular flexibility index (Phi) is 4.79. The number of aryl methyl sites for hydroxylation is 1. The predicted molar refractivity (Wildman–Crippen MR) is 97.2 cm³/mol. The van der Waals surface area contributed by atoms with E-state index in [1.54, 1.807) is 6.92 Å². The Hall–Kier alpha value is -3.15. The van der Waals surface area contributed by atoms with Gasteiger partial charge >= 0.3 is 0 Å². The van der Waals surface area contributed by atoms with Crippen molar-refractivity contribution in [2.24, 2.45) is 0 Å². The Labute approximate surface area is 145 Å². The number of benzene rings is 2. The second-order valence-electron chi connectivity index (χ2n) is 5.98. The van der Waals surface area contributed by atoms with Gasteiger partial charge in [0.05, 0.1) is 17.5 Å². The molecule has 0 spiro atoms. The van der Waals surface area contributed by atoms with Crippen molar-refractivity contribution in [1.82, 2.24) is 15.3 Å². The summed E-state index contributed by atoms with van der Waals surface area (Å²) in [6.07, 6.45) is 0.245. The lowest BCUT2D eigenvalue weighted by Gasteiger charge is -2.13. The fraction of sp³-hybridized carbons (Fsp3) is 0.211. The number of hydrogen-bond acceptors (Lipinski definition) is 3. The zero-order valence-electron chi connectivity index (χ0n) is 14.2. The van der Waals surface area contributed by atoms with Gasteiger partial charge in [-0.05, 0) is 37.1 Å². The molecule has 128 valence electrons. The van der Waals surface area contributed by atoms with Crippen molar-refractivity contribution in [1.29, 1.82) is 0 Å². The predicted octanol–water partition coefficient (Wildman–Crippen LogP) is 2.56. The maximum absolute atomic E-state index is 12.3. The molecule has 1 heterocycles. The third kappa shape index (κ3) is 4.03. The minimum atomic E-state index is -0.662. The first-order chi connectivity index (χ1) is 12.0. The molecule has 6 heteroatoms. The van der Waals surface area contributed by atoms with Crippen LogP contribution in [0.15, 0.2) is 48.5 Å². The number of anilines is 1. The molecule has 2 amide bonds. The number of rotatable bonds is 5. The van der Waals surface area contributed by atoms with Gasteiger partial charge in [-0.2, -0.15) is 0 Å². The normalized spacial score (nSPS) is 11.9. The summed E-state index contributed by atoms with van der Waals surface area (Å²) in [6.45, 7) is 3.61. The molecule has 1 unspecified atom stereocenters. The largest absolute Gasteiger partial charge is 0.344 e. The summed E-state index contributed by atoms with van der Waals surface area (Å²) < 4.78 is 0. The van der Waals surface area contributed by atoms with E-state index < -0.39 is 6.04 Å². The first-order valence-electron chi connectivity index (χ1n) is 8.12. The monoisotopic (exact) mass is 336 g/mol. The Morgan fingerprint density at radius 2 is 1.84 bits per heavy atom. The van der Waals surface area contributed by atoms with Crippen LogP contribution in [0.3, 0.4) is 0 Å². The molecule has 0 aliphatic rings. The second-order valence-corrected chi connectivity index (χ2v) is 5.98. The summed E-state index contributed by atoms with van der Waals surface area (Å²) in [6, 6.07) is 14.5. The zero-order valence-corrected chi connectivity index (χ0v) is 14.2. The topological polar surface area (TPSA) is 86.9 Å². The lowest BCUT2D eigenvalue weighted by atomic mass is 10.1. The van der Waals surface area contributed by atoms with Crippen LogP contribution in [0.25, 0.3) is 11.0 Å². The fourth-order valence-electron chi connectivity index (χ4n) is 2.58. The van der Waals surface area contributed by atoms with Crippen LogP contribution >= 0.6 is 0 Å². The van der Waals surface area contributed by atoms with Gasteiger partial charge in [-0.1, -0.05) is 36.4 Å². The van der Waals surface area contributed by atoms with Crippen LogP contribution in [0, 0.1) is 6.92 Å². The van der Waals surface area contributed by atoms with Crippen molar-refractivity contribution in [3.63, 3.8) is 0 Å². The van der Waals surface area contributed by atoms with E-state index in [9.17, 15) is 9.59 Å². The Morgan fingerprint density at radius 3 is 2.60 bits per heavy atom. The second kappa shape index (κ2) is 7.17. The molecule has 1 aromatic heterocycles. The number of amides is 2. The van der Waals surface area contributed by atoms with Crippen molar-refractivity contribution in [2.45, 2.75) is 26.3 Å². The van der Waals surface area contributed by atoms with Gasteiger partial charge in [0.1, 0.15) is 6.04 Å². The molecule has 25 heavy (non-hydrogen) atoms. The van der Waals surface area contributed by atoms with Gasteiger partial charge < -0.3 is 10.3 Å². The third-order valence-electron chi connectivity index (χ3n) is 4.01. The van der Waals surface area contributed by atoms with Crippen molar-refractivity contribution in [2.75, 3.05) is 5.32 Å². The number of hydrogen-bond donors (Lipinski definition) is 3. The summed E-state index contributed by atoms with van der Waals surface area (Å²) in [7, 11) is 0. The van der Waals surface area contributed by atoms with Crippen LogP contribution in [0.5, 0.6) is 0 Å². The van der Waals surface area contributed by atoms with Crippen LogP contribution in [-0.2, 0) is 16.0 Å². The van der Waals surface area contributed by atoms with Crippen LogP contribution < -0.4 is 10.6 Å². The SMILES string of the molecule is Cc1ccccc1CC(=O)NC(C)C(=O)Nc1nc2ccccc2[nH]1. The molecule has 2 aromatic carbocycles. The number of nitrogens with one attached hydrogen (secondary N) is 3. The van der Waals surface area contributed by atoms with Crippen molar-refractivity contribution in [3.05, 3.63) is 59.7 Å². The molecule has 3 N–H and O–H groups in total. The summed E-state index contributed by atoms with van der Waals surface area (Å²) in [5.74, 6) is -0.148. The lowest BCUT2D eigenvalue weighted by Crippen LogP contribution is -2.42. The maximum atomic E-state index is 12.3. The first-order valence-corrected chi connectivity index (χ1v) is 8.12. The van der Waals surface area contributed by atoms with Crippen LogP contribution in [0.2, 0.25) is 0 Å². The smallest absolute Gasteiger partial charge is 0.248 e. The van der Waals surface area contributed by atoms with Crippen molar-refractivity contribution in [3.8, 4) is 0 Å². The molecule has 0 saturated heterocycles. The quantitative estimate of drug-likeness (QED) is 0.669. The van der Waals surface area contributed by atoms with E-state index in [1.807, 2.05) is 55.5 Å². The Morgan fingerprint density at radius 1 is 1.12 bits per heavy atom. The van der Waals surface area contributed by atoms with Gasteiger partial charge in [-0.3, -0.25) is 14.9 Å². The summed E-state index contributed by atoms with van der Waals surface area (Å²) >= 11 is 0. The van der Waals surface area contributed by atoms with Gasteiger partial charge in [-0.15, -0.1) is 0 Å². The molecule has 0 fully saturated rings. The van der Waals surface area contributed by atoms with E-state index in [4.69, 9.17) is 0 Å². The highest BCUT2D eigenvalue weighted by Crippen LogP contribution is 2.13. The number of fused-ring (bicyclic) bond motifs is 1. The molecule has 0 aliphatic carbocycles. The van der Waals surface area contributed by atoms with Crippen molar-refractivity contribution < 1.29 is 9.59 Å². The molecule has 0 saturated carbocycles. The van der Waals surface area contributed by atoms with E-state index in [0.717, 1.165) is 22.2 Å². The van der Waals surface area contributed by atoms with E-state index in [2.05, 4.69) is 20.6 Å². The maximum Gasteiger partial charge on any atom is 0.248 e. The summed E-state index contributed by atoms with van der Waals surface area (Å²) in [4.78, 5) is 31.7. The highest BCUT2D eigenvalue weighted by atomic mass is 16.2. The first kappa shape index (κ1) is 16.7. The molecule has 0 radical (unpaired) electrons. The zero-order chi connectivity index (χ0) is 17.8. The van der Waals surface area contributed by atoms with Crippen molar-refractivity contribution >= 4 is 28.8 Å². The highest BCUT2D eigenvalue weighted by Gasteiger charge is 2.17. The molecule has 0 aliphatic heterocycles. The van der Waals surface area contributed by atoms with Gasteiger partial charge in [0.15, 0.2) is 0 Å². The lowest BCUT2D eigenvalue weighted by molar-refractivity contribution is -0.125. The Bertz CT molecular complexity index is 883. The van der Waals surface area contributed by atoms with Crippen LogP contribution in [0.1, 0.15) is 18.1 Å². The van der Waals surface area contributed by atoms with E-state index in [0.29, 0.717) is 5.95 Å². The molecule has 0 bridgehead atoms. The number of H-pyrrole nitrogens is 1. The number of carbonyl (C=O) groups is 2. The Balaban J connectivity index is 1.58. The number of para-hydroxylation sites is 2. The summed E-state index contributed by atoms with van der Waals surface area (Å²) in [5.41, 5.74) is 3.62. The number of aromatic amines is 1. The molecule has 6 nitrogen and oxygen atoms in total. The van der Waals surface area contributed by atoms with Gasteiger partial charge in [-0.25, -0.2) is 4.98 Å². The molecular weight excluding hydrogens is 316 g/mol. The molecule has 3 aromatic rings. The molecular formula is C19H20N4O2. The standard InChI is InChI=1S/C19H20N4O2/c1-12-7-3-4-8-14(12)11-17(24)20-13(2)18(25)23-19-21-15-9-5-6-10-16(15)22-19/h3-10,13H,11H2,1-2H3,(H,20,24)(H2,21,22,23,25). The average molecular weight is 336 g/mol. The van der Waals surface area contributed by atoms with E-state index in [1.165, 1.54) is 0 Å². The minimum Gasteiger partial charge on any atom is -0.344 e. The molecule has 1 atom stereocenters. The van der Waals surface area contributed by atoms with Crippen LogP contribution in [0.4, 0.5) is 5.95 Å². The van der Waals surface area contributed by atoms with E-state index in [-0.39, 0.29) is 18.2 Å². The third-order valence-corrected chi connectivity index (χ3v) is 4.01. The van der Waals surface area contributed by atoms with Gasteiger partial charge in [0.25, 0.3) is 0 Å². The number of nitrogens with zero attached hydrogens (tertiary/aromatic N) is 1. The average Bonchev–Trinajstić information content (AvgIpc) is 2.99. The molecule has 3 rings (SSSR count). The highest BCUT2D eigenvalue weighted by molar-refractivity contribution is 5.97. The van der Waals surface area contributed by atoms with E-state index >= 15 is 0 Å². The fourth-order valence-corrected chi connectivity index (χ4v) is 2.58.